The lowest BCUT2D eigenvalue weighted by molar-refractivity contribution is -0.141. The summed E-state index contributed by atoms with van der Waals surface area (Å²) in [6.45, 7) is 5.71. The average Bonchev–Trinajstić information content (AvgIpc) is 3.09. The number of allylic oxidation sites excluding steroid dienone is 2. The smallest absolute Gasteiger partial charge is 0.246 e. The number of aryl methyl sites for hydroxylation is 1. The number of carbonyl (C=O) groups excluding carboxylic acids is 3. The lowest BCUT2D eigenvalue weighted by Gasteiger charge is -2.36. The zero-order valence-corrected chi connectivity index (χ0v) is 17.0. The van der Waals surface area contributed by atoms with Crippen LogP contribution < -0.4 is 10.6 Å². The Hall–Kier alpha value is -2.43. The van der Waals surface area contributed by atoms with Crippen molar-refractivity contribution in [1.82, 2.24) is 5.32 Å². The van der Waals surface area contributed by atoms with Gasteiger partial charge < -0.3 is 10.6 Å². The quantitative estimate of drug-likeness (QED) is 0.738. The van der Waals surface area contributed by atoms with Gasteiger partial charge >= 0.3 is 0 Å². The second kappa shape index (κ2) is 8.29. The molecule has 1 aliphatic heterocycles. The van der Waals surface area contributed by atoms with Gasteiger partial charge in [0.05, 0.1) is 5.92 Å². The summed E-state index contributed by atoms with van der Waals surface area (Å²) in [5, 5.41) is 5.90. The molecule has 5 heteroatoms. The molecule has 1 aliphatic carbocycles. The van der Waals surface area contributed by atoms with E-state index < -0.39 is 17.4 Å². The van der Waals surface area contributed by atoms with Crippen LogP contribution >= 0.6 is 0 Å². The Bertz CT molecular complexity index is 789. The van der Waals surface area contributed by atoms with E-state index in [1.807, 2.05) is 36.4 Å². The number of rotatable bonds is 6. The third-order valence-corrected chi connectivity index (χ3v) is 6.13. The number of carbonyl (C=O) groups is 3. The summed E-state index contributed by atoms with van der Waals surface area (Å²) in [7, 11) is 0. The monoisotopic (exact) mass is 382 g/mol. The molecule has 2 amide bonds. The lowest BCUT2D eigenvalue weighted by Crippen LogP contribution is -2.51. The van der Waals surface area contributed by atoms with Gasteiger partial charge in [-0.15, -0.1) is 0 Å². The summed E-state index contributed by atoms with van der Waals surface area (Å²) in [5.41, 5.74) is 1.20. The number of amides is 2. The molecule has 0 bridgehead atoms. The second-order valence-corrected chi connectivity index (χ2v) is 8.52. The first-order valence-electron chi connectivity index (χ1n) is 10.2. The molecule has 1 aromatic carbocycles. The molecule has 0 saturated heterocycles. The number of hydrogen-bond acceptors (Lipinski definition) is 3. The van der Waals surface area contributed by atoms with Crippen molar-refractivity contribution < 1.29 is 14.4 Å². The van der Waals surface area contributed by atoms with Gasteiger partial charge in [0.15, 0.2) is 0 Å². The van der Waals surface area contributed by atoms with E-state index >= 15 is 0 Å². The Labute approximate surface area is 167 Å². The van der Waals surface area contributed by atoms with Crippen molar-refractivity contribution in [3.05, 3.63) is 42.0 Å². The number of benzene rings is 1. The molecule has 1 aromatic rings. The van der Waals surface area contributed by atoms with Gasteiger partial charge in [-0.3, -0.25) is 14.4 Å². The van der Waals surface area contributed by atoms with Crippen LogP contribution in [0.5, 0.6) is 0 Å². The Morgan fingerprint density at radius 2 is 1.89 bits per heavy atom. The standard InChI is InChI=1S/C23H30N2O3/c1-15(2)14-18(23(16(3)26)12-6-7-13-23)21(27)25-20-11-10-17-8-4-5-9-19(17)24-22(20)28/h4-9,15,18,20H,10-14H2,1-3H3,(H,24,28)(H,25,27)/t18-,20?/m0/s1. The van der Waals surface area contributed by atoms with E-state index in [0.717, 1.165) is 11.3 Å². The van der Waals surface area contributed by atoms with Crippen LogP contribution in [0.3, 0.4) is 0 Å². The van der Waals surface area contributed by atoms with E-state index in [1.165, 1.54) is 0 Å². The molecule has 0 aromatic heterocycles. The number of Topliss-reactive ketones (excluding diaryl/α,β-unsaturated/α-hetero) is 1. The van der Waals surface area contributed by atoms with Crippen LogP contribution in [0.4, 0.5) is 5.69 Å². The second-order valence-electron chi connectivity index (χ2n) is 8.52. The first-order chi connectivity index (χ1) is 13.3. The maximum atomic E-state index is 13.3. The van der Waals surface area contributed by atoms with Crippen LogP contribution in [0.2, 0.25) is 0 Å². The van der Waals surface area contributed by atoms with Crippen molar-refractivity contribution in [1.29, 1.82) is 0 Å². The predicted octanol–water partition coefficient (Wildman–Crippen LogP) is 3.64. The van der Waals surface area contributed by atoms with E-state index in [9.17, 15) is 14.4 Å². The van der Waals surface area contributed by atoms with Crippen molar-refractivity contribution in [2.75, 3.05) is 5.32 Å². The van der Waals surface area contributed by atoms with Gasteiger partial charge in [0, 0.05) is 11.1 Å². The summed E-state index contributed by atoms with van der Waals surface area (Å²) >= 11 is 0. The highest BCUT2D eigenvalue weighted by Crippen LogP contribution is 2.44. The maximum Gasteiger partial charge on any atom is 0.246 e. The SMILES string of the molecule is CC(=O)C1([C@@H](CC(C)C)C(=O)NC2CCc3ccccc3NC2=O)CC=CC1. The molecule has 2 aliphatic rings. The number of fused-ring (bicyclic) bond motifs is 1. The molecular weight excluding hydrogens is 352 g/mol. The minimum Gasteiger partial charge on any atom is -0.344 e. The number of hydrogen-bond donors (Lipinski definition) is 2. The Morgan fingerprint density at radius 3 is 2.54 bits per heavy atom. The highest BCUT2D eigenvalue weighted by molar-refractivity contribution is 5.99. The minimum atomic E-state index is -0.682. The largest absolute Gasteiger partial charge is 0.344 e. The van der Waals surface area contributed by atoms with E-state index in [-0.39, 0.29) is 23.5 Å². The number of anilines is 1. The summed E-state index contributed by atoms with van der Waals surface area (Å²) in [6.07, 6.45) is 7.07. The van der Waals surface area contributed by atoms with Gasteiger partial charge in [-0.05, 0) is 56.6 Å². The molecular formula is C23H30N2O3. The van der Waals surface area contributed by atoms with Crippen molar-refractivity contribution in [2.24, 2.45) is 17.3 Å². The summed E-state index contributed by atoms with van der Waals surface area (Å²) in [4.78, 5) is 38.5. The first kappa shape index (κ1) is 20.3. The third kappa shape index (κ3) is 4.03. The highest BCUT2D eigenvalue weighted by atomic mass is 16.2. The molecule has 1 unspecified atom stereocenters. The first-order valence-corrected chi connectivity index (χ1v) is 10.2. The van der Waals surface area contributed by atoms with E-state index in [1.54, 1.807) is 6.92 Å². The van der Waals surface area contributed by atoms with E-state index in [4.69, 9.17) is 0 Å². The van der Waals surface area contributed by atoms with Crippen molar-refractivity contribution >= 4 is 23.3 Å². The Balaban J connectivity index is 1.78. The minimum absolute atomic E-state index is 0.0519. The van der Waals surface area contributed by atoms with Crippen molar-refractivity contribution in [3.8, 4) is 0 Å². The number of nitrogens with one attached hydrogen (secondary N) is 2. The Kier molecular flexibility index (Phi) is 6.01. The molecule has 2 atom stereocenters. The van der Waals surface area contributed by atoms with Gasteiger partial charge in [-0.1, -0.05) is 44.2 Å². The summed E-state index contributed by atoms with van der Waals surface area (Å²) in [5.74, 6) is -0.476. The average molecular weight is 383 g/mol. The van der Waals surface area contributed by atoms with Gasteiger partial charge in [-0.25, -0.2) is 0 Å². The lowest BCUT2D eigenvalue weighted by atomic mass is 9.67. The predicted molar refractivity (Wildman–Crippen MR) is 110 cm³/mol. The zero-order valence-electron chi connectivity index (χ0n) is 17.0. The fourth-order valence-electron chi connectivity index (χ4n) is 4.46. The fourth-order valence-corrected chi connectivity index (χ4v) is 4.46. The van der Waals surface area contributed by atoms with Gasteiger partial charge in [0.25, 0.3) is 0 Å². The van der Waals surface area contributed by atoms with Crippen LogP contribution in [0.1, 0.15) is 52.0 Å². The van der Waals surface area contributed by atoms with Gasteiger partial charge in [0.1, 0.15) is 11.8 Å². The van der Waals surface area contributed by atoms with E-state index in [0.29, 0.717) is 32.1 Å². The molecule has 5 nitrogen and oxygen atoms in total. The van der Waals surface area contributed by atoms with Crippen LogP contribution in [0.25, 0.3) is 0 Å². The highest BCUT2D eigenvalue weighted by Gasteiger charge is 2.47. The molecule has 3 rings (SSSR count). The number of ketones is 1. The molecule has 28 heavy (non-hydrogen) atoms. The van der Waals surface area contributed by atoms with E-state index in [2.05, 4.69) is 24.5 Å². The van der Waals surface area contributed by atoms with Crippen LogP contribution in [0, 0.1) is 17.3 Å². The Morgan fingerprint density at radius 1 is 1.21 bits per heavy atom. The zero-order chi connectivity index (χ0) is 20.3. The van der Waals surface area contributed by atoms with Crippen molar-refractivity contribution in [2.45, 2.75) is 58.9 Å². The topological polar surface area (TPSA) is 75.3 Å². The van der Waals surface area contributed by atoms with Crippen LogP contribution in [0.15, 0.2) is 36.4 Å². The molecule has 150 valence electrons. The molecule has 1 heterocycles. The van der Waals surface area contributed by atoms with Crippen molar-refractivity contribution in [3.63, 3.8) is 0 Å². The summed E-state index contributed by atoms with van der Waals surface area (Å²) in [6, 6.07) is 7.13. The number of para-hydroxylation sites is 1. The van der Waals surface area contributed by atoms with Gasteiger partial charge in [-0.2, -0.15) is 0 Å². The van der Waals surface area contributed by atoms with Crippen LogP contribution in [-0.4, -0.2) is 23.6 Å². The molecule has 2 N–H and O–H groups in total. The molecule has 0 fully saturated rings. The summed E-state index contributed by atoms with van der Waals surface area (Å²) < 4.78 is 0. The molecule has 0 spiro atoms. The normalized spacial score (nSPS) is 21.6. The fraction of sp³-hybridized carbons (Fsp3) is 0.522. The van der Waals surface area contributed by atoms with Gasteiger partial charge in [0.2, 0.25) is 11.8 Å². The maximum absolute atomic E-state index is 13.3. The third-order valence-electron chi connectivity index (χ3n) is 6.13. The van der Waals surface area contributed by atoms with Crippen LogP contribution in [-0.2, 0) is 20.8 Å². The molecule has 0 saturated carbocycles. The molecule has 0 radical (unpaired) electrons.